The third-order valence-electron chi connectivity index (χ3n) is 10.8. The third-order valence-corrected chi connectivity index (χ3v) is 11.8. The molecule has 0 bridgehead atoms. The van der Waals surface area contributed by atoms with Crippen LogP contribution in [0.4, 0.5) is 30.9 Å². The second-order valence-electron chi connectivity index (χ2n) is 17.7. The molecule has 0 radical (unpaired) electrons. The van der Waals surface area contributed by atoms with Crippen LogP contribution in [0.2, 0.25) is 0 Å². The van der Waals surface area contributed by atoms with Crippen molar-refractivity contribution in [1.29, 1.82) is 0 Å². The molecule has 0 saturated carbocycles. The number of allylic oxidation sites excluding steroid dienone is 1. The van der Waals surface area contributed by atoms with Crippen LogP contribution < -0.4 is 29.6 Å². The topological polar surface area (TPSA) is 467 Å². The number of ether oxygens (including phenoxy) is 9. The van der Waals surface area contributed by atoms with Gasteiger partial charge in [-0.15, -0.1) is 45.6 Å². The van der Waals surface area contributed by atoms with Crippen LogP contribution >= 0.6 is 37.0 Å². The molecular weight excluding hydrogens is 1580 g/mol. The number of aryl methyl sites for hydroxylation is 3. The number of phenols is 1. The molecule has 0 aromatic heterocycles. The van der Waals surface area contributed by atoms with Crippen molar-refractivity contribution in [3.8, 4) is 5.75 Å². The van der Waals surface area contributed by atoms with Gasteiger partial charge in [0.1, 0.15) is 11.3 Å². The largest absolute Gasteiger partial charge is 1.00 e. The molecule has 0 heterocycles. The smallest absolute Gasteiger partial charge is 0.870 e. The standard InChI is InChI=1S/C14H16O5S.C12H12O4.C11H12O4.C10H10O5.C10H10O4S.C3H6.C2F6O.C2H4OS.CH4.FHO.Na.2O2S.H2O.H2/c1-9(15)20-7-6-10-4-5-11(13(16)18-2)8-12(10)14(17)19-3;1-4-8-5-6-9(11(13)15-2)7-10(8)12(14)16-3;1-7-4-5-8(10(12)14-2)6-9(7)11(13)15-3;1-14-9(12)6-3-4-8(11)7(5-6)10(13)15-2;11-9(12)7-2-1-6(3-4-15)8(5-7)10(13)14;1-3-2;3-1(4,5)9-2(6,7)8;1-2(3)4;;1-2;;2*1-3-2;;/h4-5,8H,6-7H2,1-3H3;4-7H,1H2,2-3H3;4-6H,1-3H3;3-5,11H,1-2H3;1-2,5,15H,3-4H2,(H,11,12)(H,13,14);3H,1H2,2H3;;1H3,(H,3,4);1H4;2H;;;;1H2;1H/q;;;;;;;;;;+1;;;;/p-1/i;;;;;;;;;;;;;;1+2. The monoisotopic (exact) mass is 1660 g/mol. The first-order valence-corrected chi connectivity index (χ1v) is 30.9. The zero-order chi connectivity index (χ0) is 82.9. The van der Waals surface area contributed by atoms with Crippen molar-refractivity contribution < 1.29 is 205 Å². The Labute approximate surface area is 660 Å². The van der Waals surface area contributed by atoms with Gasteiger partial charge in [-0.3, -0.25) is 9.59 Å². The van der Waals surface area contributed by atoms with Crippen LogP contribution in [0.5, 0.6) is 5.75 Å². The molecule has 0 aliphatic heterocycles. The summed E-state index contributed by atoms with van der Waals surface area (Å²) in [5.74, 6) is -5.67. The molecule has 0 spiro atoms. The molecule has 43 heteroatoms. The van der Waals surface area contributed by atoms with Crippen LogP contribution in [0.1, 0.15) is 155 Å². The number of benzene rings is 5. The predicted octanol–water partition coefficient (Wildman–Crippen LogP) is 8.00. The van der Waals surface area contributed by atoms with Gasteiger partial charge >= 0.3 is 125 Å². The van der Waals surface area contributed by atoms with E-state index >= 15 is 0 Å². The summed E-state index contributed by atoms with van der Waals surface area (Å²) in [6.45, 7) is 13.5. The second kappa shape index (κ2) is 66.9. The molecule has 0 aliphatic rings. The fraction of sp³-hybridized carbons (Fsp3) is 0.292. The molecular formula is C65H78F7NaO30S5. The maximum Gasteiger partial charge on any atom is 1.00 e. The van der Waals surface area contributed by atoms with E-state index in [-0.39, 0.29) is 87.7 Å². The number of carbonyl (C=O) groups is 12. The van der Waals surface area contributed by atoms with Gasteiger partial charge in [0.25, 0.3) is 0 Å². The van der Waals surface area contributed by atoms with E-state index < -0.39 is 95.6 Å². The fourth-order valence-electron chi connectivity index (χ4n) is 6.54. The minimum atomic E-state index is -5.64. The molecule has 598 valence electrons. The Hall–Kier alpha value is -9.50. The first kappa shape index (κ1) is 117. The van der Waals surface area contributed by atoms with E-state index in [9.17, 15) is 89.0 Å². The predicted molar refractivity (Wildman–Crippen MR) is 378 cm³/mol. The van der Waals surface area contributed by atoms with E-state index in [0.29, 0.717) is 63.3 Å². The van der Waals surface area contributed by atoms with Crippen molar-refractivity contribution in [1.82, 2.24) is 0 Å². The van der Waals surface area contributed by atoms with Crippen LogP contribution in [0.25, 0.3) is 6.08 Å². The number of carboxylic acid groups (broad SMARTS) is 2. The summed E-state index contributed by atoms with van der Waals surface area (Å²) in [4.78, 5) is 132. The first-order chi connectivity index (χ1) is 49.1. The van der Waals surface area contributed by atoms with Gasteiger partial charge in [-0.25, -0.2) is 53.3 Å². The Morgan fingerprint density at radius 2 is 0.778 bits per heavy atom. The number of rotatable bonds is 16. The first-order valence-electron chi connectivity index (χ1n) is 27.5. The minimum absolute atomic E-state index is 0. The Balaban J connectivity index is -0.000000130. The molecule has 0 saturated heterocycles. The average Bonchev–Trinajstić information content (AvgIpc) is 0.856. The van der Waals surface area contributed by atoms with E-state index in [1.807, 2.05) is 6.92 Å². The van der Waals surface area contributed by atoms with Crippen LogP contribution in [0.15, 0.2) is 110 Å². The second-order valence-corrected chi connectivity index (χ2v) is 20.3. The zero-order valence-corrected chi connectivity index (χ0v) is 65.0. The maximum atomic E-state index is 11.7. The summed E-state index contributed by atoms with van der Waals surface area (Å²) < 4.78 is 143. The SMILES string of the molecule is C.C=CC.C=Cc1ccc(C(=O)OC)cc1C(=O)OC.CC(=O)S.COC(=O)c1ccc(C)c(C(=O)OC)c1.COC(=O)c1ccc(CCSC(C)=O)c(C(=O)OC)c1.COC(=O)c1ccc(O)c(C(=O)OC)c1.FC(F)(F)OC(F)(F)F.O=C(O)c1ccc(CCS)c(C(=O)O)c1.O=S=O.O=S=O.OF.[3HH].[Na+].[OH-]. The van der Waals surface area contributed by atoms with Crippen molar-refractivity contribution in [2.24, 2.45) is 0 Å². The van der Waals surface area contributed by atoms with E-state index in [4.69, 9.17) is 41.6 Å². The molecule has 0 unspecified atom stereocenters. The molecule has 5 aromatic carbocycles. The molecule has 0 atom stereocenters. The fourth-order valence-corrected chi connectivity index (χ4v) is 7.39. The van der Waals surface area contributed by atoms with E-state index in [1.165, 1.54) is 143 Å². The number of alkyl halides is 6. The van der Waals surface area contributed by atoms with Gasteiger partial charge in [0.05, 0.1) is 107 Å². The number of esters is 8. The van der Waals surface area contributed by atoms with Gasteiger partial charge in [-0.2, -0.15) is 34.2 Å². The number of methoxy groups -OCH3 is 8. The van der Waals surface area contributed by atoms with Gasteiger partial charge < -0.3 is 58.7 Å². The number of carboxylic acids is 2. The summed E-state index contributed by atoms with van der Waals surface area (Å²) in [5, 5.41) is 32.3. The van der Waals surface area contributed by atoms with E-state index in [2.05, 4.69) is 71.6 Å². The Bertz CT molecular complexity index is 3670. The Morgan fingerprint density at radius 1 is 0.491 bits per heavy atom. The number of phenolic OH excluding ortho intramolecular Hbond substituents is 1. The number of carbonyl (C=O) groups excluding carboxylic acids is 10. The summed E-state index contributed by atoms with van der Waals surface area (Å²) in [6, 6.07) is 22.0. The summed E-state index contributed by atoms with van der Waals surface area (Å²) >= 11 is 7.02. The van der Waals surface area contributed by atoms with Gasteiger partial charge in [0.2, 0.25) is 0 Å². The summed E-state index contributed by atoms with van der Waals surface area (Å²) in [5.41, 5.74) is 4.73. The van der Waals surface area contributed by atoms with E-state index in [1.54, 1.807) is 54.1 Å². The Kier molecular flexibility index (Phi) is 72.4. The molecule has 5 aromatic rings. The quantitative estimate of drug-likeness (QED) is 0.0136. The number of halogens is 7. The van der Waals surface area contributed by atoms with Gasteiger partial charge in [-0.1, -0.05) is 66.7 Å². The molecule has 108 heavy (non-hydrogen) atoms. The van der Waals surface area contributed by atoms with Crippen LogP contribution in [0, 0.1) is 6.92 Å². The molecule has 0 fully saturated rings. The molecule has 0 aliphatic carbocycles. The Morgan fingerprint density at radius 3 is 1.10 bits per heavy atom. The van der Waals surface area contributed by atoms with Crippen molar-refractivity contribution in [3.63, 3.8) is 0 Å². The molecule has 0 amide bonds. The number of aromatic hydroxyl groups is 1. The normalized spacial score (nSPS) is 9.06. The number of hydrogen-bond acceptors (Lipinski definition) is 30. The number of thioether (sulfide) groups is 1. The average molecular weight is 1660 g/mol. The number of hydrogen-bond donors (Lipinski definition) is 6. The van der Waals surface area contributed by atoms with Crippen LogP contribution in [-0.2, 0) is 88.2 Å². The van der Waals surface area contributed by atoms with Crippen LogP contribution in [-0.4, -0.2) is 194 Å². The van der Waals surface area contributed by atoms with Crippen molar-refractivity contribution in [2.45, 2.75) is 60.7 Å². The molecule has 5 N–H and O–H groups in total. The van der Waals surface area contributed by atoms with Gasteiger partial charge in [0, 0.05) is 21.0 Å². The van der Waals surface area contributed by atoms with Crippen molar-refractivity contribution >= 4 is 136 Å². The minimum Gasteiger partial charge on any atom is -0.870 e. The molecule has 30 nitrogen and oxygen atoms in total. The van der Waals surface area contributed by atoms with Gasteiger partial charge in [-0.05, 0) is 121 Å². The summed E-state index contributed by atoms with van der Waals surface area (Å²) in [6.07, 6.45) is -6.97. The number of thiol groups is 2. The maximum absolute atomic E-state index is 11.7. The third kappa shape index (κ3) is 53.3. The zero-order valence-electron chi connectivity index (χ0n) is 58.8. The van der Waals surface area contributed by atoms with Gasteiger partial charge in [0.15, 0.2) is 10.2 Å². The van der Waals surface area contributed by atoms with Crippen LogP contribution in [0.3, 0.4) is 0 Å². The molecule has 5 rings (SSSR count). The van der Waals surface area contributed by atoms with Crippen molar-refractivity contribution in [3.05, 3.63) is 188 Å². The summed E-state index contributed by atoms with van der Waals surface area (Å²) in [7, 11) is 10.1. The van der Waals surface area contributed by atoms with Crippen molar-refractivity contribution in [2.75, 3.05) is 68.4 Å². The number of aromatic carboxylic acids is 2. The van der Waals surface area contributed by atoms with E-state index in [0.717, 1.165) is 11.1 Å².